The highest BCUT2D eigenvalue weighted by molar-refractivity contribution is 6.15. The van der Waals surface area contributed by atoms with Crippen LogP contribution in [0.25, 0.3) is 10.9 Å². The van der Waals surface area contributed by atoms with Crippen LogP contribution in [0.3, 0.4) is 0 Å². The van der Waals surface area contributed by atoms with E-state index in [4.69, 9.17) is 13.9 Å². The molecule has 0 aliphatic carbocycles. The number of amides is 1. The third-order valence-corrected chi connectivity index (χ3v) is 6.40. The first-order valence-corrected chi connectivity index (χ1v) is 11.7. The first kappa shape index (κ1) is 23.3. The second kappa shape index (κ2) is 9.65. The molecule has 2 aromatic heterocycles. The van der Waals surface area contributed by atoms with Crippen molar-refractivity contribution in [2.75, 3.05) is 20.3 Å². The van der Waals surface area contributed by atoms with E-state index in [0.717, 1.165) is 22.2 Å². The molecule has 1 amide bonds. The molecule has 8 heteroatoms. The Hall–Kier alpha value is -4.46. The predicted molar refractivity (Wildman–Crippen MR) is 133 cm³/mol. The van der Waals surface area contributed by atoms with E-state index in [2.05, 4.69) is 4.98 Å². The molecular weight excluding hydrogens is 460 g/mol. The molecule has 0 unspecified atom stereocenters. The van der Waals surface area contributed by atoms with Crippen molar-refractivity contribution < 1.29 is 28.6 Å². The van der Waals surface area contributed by atoms with E-state index in [1.54, 1.807) is 37.4 Å². The molecule has 8 nitrogen and oxygen atoms in total. The van der Waals surface area contributed by atoms with E-state index < -0.39 is 23.5 Å². The zero-order chi connectivity index (χ0) is 25.2. The largest absolute Gasteiger partial charge is 0.503 e. The summed E-state index contributed by atoms with van der Waals surface area (Å²) in [6.45, 7) is 2.69. The highest BCUT2D eigenvalue weighted by Gasteiger charge is 2.44. The number of aliphatic hydroxyl groups excluding tert-OH is 1. The lowest BCUT2D eigenvalue weighted by Gasteiger charge is -2.27. The summed E-state index contributed by atoms with van der Waals surface area (Å²) in [5.41, 5.74) is 2.63. The van der Waals surface area contributed by atoms with Gasteiger partial charge in [-0.1, -0.05) is 12.1 Å². The second-order valence-electron chi connectivity index (χ2n) is 8.45. The van der Waals surface area contributed by atoms with Crippen LogP contribution in [0, 0.1) is 0 Å². The zero-order valence-electron chi connectivity index (χ0n) is 20.0. The summed E-state index contributed by atoms with van der Waals surface area (Å²) >= 11 is 0. The van der Waals surface area contributed by atoms with Gasteiger partial charge in [-0.2, -0.15) is 0 Å². The Morgan fingerprint density at radius 3 is 2.61 bits per heavy atom. The molecule has 1 aliphatic rings. The van der Waals surface area contributed by atoms with E-state index in [1.807, 2.05) is 31.3 Å². The summed E-state index contributed by atoms with van der Waals surface area (Å²) in [5.74, 6) is -0.206. The minimum absolute atomic E-state index is 0.000272. The van der Waals surface area contributed by atoms with Gasteiger partial charge in [0.2, 0.25) is 5.78 Å². The molecule has 4 aromatic rings. The molecule has 36 heavy (non-hydrogen) atoms. The number of H-pyrrole nitrogens is 1. The van der Waals surface area contributed by atoms with Gasteiger partial charge in [0.15, 0.2) is 11.5 Å². The number of nitrogens with zero attached hydrogens (tertiary/aromatic N) is 1. The number of methoxy groups -OCH3 is 1. The Balaban J connectivity index is 1.49. The number of aromatic amines is 1. The van der Waals surface area contributed by atoms with Crippen molar-refractivity contribution in [3.63, 3.8) is 0 Å². The number of benzene rings is 2. The molecular formula is C28H26N2O6. The Bertz CT molecular complexity index is 1430. The molecule has 0 fully saturated rings. The molecule has 2 N–H and O–H groups in total. The standard InChI is InChI=1S/C28H26N2O6/c1-3-35-19-8-6-17(7-9-19)25-24(26(31)23-5-4-14-36-23)27(32)28(33)30(25)13-12-18-16-29-22-11-10-20(34-2)15-21(18)22/h4-11,14-16,25,29,32H,3,12-13H2,1-2H3/t25-/m1/s1. The number of aromatic nitrogens is 1. The number of hydrogen-bond acceptors (Lipinski definition) is 6. The zero-order valence-corrected chi connectivity index (χ0v) is 20.0. The number of carbonyl (C=O) groups excluding carboxylic acids is 2. The molecule has 5 rings (SSSR count). The topological polar surface area (TPSA) is 105 Å². The molecule has 3 heterocycles. The second-order valence-corrected chi connectivity index (χ2v) is 8.45. The van der Waals surface area contributed by atoms with Gasteiger partial charge in [-0.25, -0.2) is 0 Å². The molecule has 0 saturated carbocycles. The minimum atomic E-state index is -0.773. The monoisotopic (exact) mass is 486 g/mol. The summed E-state index contributed by atoms with van der Waals surface area (Å²) in [6, 6.07) is 15.3. The molecule has 184 valence electrons. The number of ketones is 1. The summed E-state index contributed by atoms with van der Waals surface area (Å²) in [6.07, 6.45) is 3.79. The summed E-state index contributed by atoms with van der Waals surface area (Å²) in [7, 11) is 1.61. The van der Waals surface area contributed by atoms with Crippen LogP contribution in [0.5, 0.6) is 11.5 Å². The Labute approximate surface area is 207 Å². The van der Waals surface area contributed by atoms with Crippen molar-refractivity contribution >= 4 is 22.6 Å². The first-order chi connectivity index (χ1) is 17.5. The van der Waals surface area contributed by atoms with Gasteiger partial charge < -0.3 is 28.9 Å². The number of aliphatic hydroxyl groups is 1. The van der Waals surface area contributed by atoms with Gasteiger partial charge in [0.25, 0.3) is 5.91 Å². The first-order valence-electron chi connectivity index (χ1n) is 11.7. The third kappa shape index (κ3) is 4.11. The highest BCUT2D eigenvalue weighted by Crippen LogP contribution is 2.40. The highest BCUT2D eigenvalue weighted by atomic mass is 16.5. The van der Waals surface area contributed by atoms with Gasteiger partial charge >= 0.3 is 0 Å². The number of fused-ring (bicyclic) bond motifs is 1. The van der Waals surface area contributed by atoms with Crippen LogP contribution in [0.4, 0.5) is 0 Å². The van der Waals surface area contributed by atoms with Crippen molar-refractivity contribution in [2.45, 2.75) is 19.4 Å². The number of carbonyl (C=O) groups is 2. The summed E-state index contributed by atoms with van der Waals surface area (Å²) < 4.78 is 16.2. The van der Waals surface area contributed by atoms with E-state index in [0.29, 0.717) is 24.3 Å². The van der Waals surface area contributed by atoms with Crippen molar-refractivity contribution in [1.82, 2.24) is 9.88 Å². The van der Waals surface area contributed by atoms with Gasteiger partial charge in [0, 0.05) is 23.6 Å². The maximum atomic E-state index is 13.3. The van der Waals surface area contributed by atoms with Crippen molar-refractivity contribution in [3.05, 3.63) is 95.3 Å². The lowest BCUT2D eigenvalue weighted by atomic mass is 9.95. The maximum Gasteiger partial charge on any atom is 0.290 e. The summed E-state index contributed by atoms with van der Waals surface area (Å²) in [4.78, 5) is 31.3. The normalized spacial score (nSPS) is 15.7. The van der Waals surface area contributed by atoms with Crippen molar-refractivity contribution in [3.8, 4) is 11.5 Å². The number of Topliss-reactive ketones (excluding diaryl/α,β-unsaturated/α-hetero) is 1. The predicted octanol–water partition coefficient (Wildman–Crippen LogP) is 4.99. The smallest absolute Gasteiger partial charge is 0.290 e. The SMILES string of the molecule is CCOc1ccc([C@@H]2C(C(=O)c3ccco3)=C(O)C(=O)N2CCc2c[nH]c3ccc(OC)cc23)cc1. The van der Waals surface area contributed by atoms with Crippen molar-refractivity contribution in [1.29, 1.82) is 0 Å². The van der Waals surface area contributed by atoms with Crippen LogP contribution in [0.1, 0.15) is 34.6 Å². The van der Waals surface area contributed by atoms with E-state index in [-0.39, 0.29) is 17.9 Å². The molecule has 0 spiro atoms. The Morgan fingerprint density at radius 2 is 1.92 bits per heavy atom. The average Bonchev–Trinajstić information content (AvgIpc) is 3.63. The van der Waals surface area contributed by atoms with Gasteiger partial charge in [-0.3, -0.25) is 9.59 Å². The fourth-order valence-corrected chi connectivity index (χ4v) is 4.65. The fraction of sp³-hybridized carbons (Fsp3) is 0.214. The molecule has 0 bridgehead atoms. The molecule has 2 aromatic carbocycles. The lowest BCUT2D eigenvalue weighted by molar-refractivity contribution is -0.129. The van der Waals surface area contributed by atoms with Crippen LogP contribution < -0.4 is 9.47 Å². The van der Waals surface area contributed by atoms with Crippen LogP contribution in [0.2, 0.25) is 0 Å². The number of rotatable bonds is 9. The lowest BCUT2D eigenvalue weighted by Crippen LogP contribution is -2.33. The van der Waals surface area contributed by atoms with E-state index in [9.17, 15) is 14.7 Å². The number of hydrogen-bond donors (Lipinski definition) is 2. The Kier molecular flexibility index (Phi) is 6.25. The quantitative estimate of drug-likeness (QED) is 0.323. The maximum absolute atomic E-state index is 13.3. The number of furan rings is 1. The third-order valence-electron chi connectivity index (χ3n) is 6.40. The number of nitrogens with one attached hydrogen (secondary N) is 1. The van der Waals surface area contributed by atoms with Crippen LogP contribution in [-0.4, -0.2) is 46.9 Å². The van der Waals surface area contributed by atoms with Crippen LogP contribution in [0.15, 0.2) is 82.8 Å². The summed E-state index contributed by atoms with van der Waals surface area (Å²) in [5, 5.41) is 11.8. The van der Waals surface area contributed by atoms with Crippen molar-refractivity contribution in [2.24, 2.45) is 0 Å². The van der Waals surface area contributed by atoms with Gasteiger partial charge in [0.1, 0.15) is 11.5 Å². The Morgan fingerprint density at radius 1 is 1.14 bits per heavy atom. The van der Waals surface area contributed by atoms with Crippen LogP contribution >= 0.6 is 0 Å². The van der Waals surface area contributed by atoms with E-state index >= 15 is 0 Å². The van der Waals surface area contributed by atoms with Gasteiger partial charge in [-0.15, -0.1) is 0 Å². The number of ether oxygens (including phenoxy) is 2. The average molecular weight is 487 g/mol. The van der Waals surface area contributed by atoms with Gasteiger partial charge in [-0.05, 0) is 66.9 Å². The molecule has 0 radical (unpaired) electrons. The van der Waals surface area contributed by atoms with E-state index in [1.165, 1.54) is 17.2 Å². The molecule has 0 saturated heterocycles. The molecule has 1 atom stereocenters. The van der Waals surface area contributed by atoms with Gasteiger partial charge in [0.05, 0.1) is 31.6 Å². The van der Waals surface area contributed by atoms with Crippen LogP contribution in [-0.2, 0) is 11.2 Å². The fourth-order valence-electron chi connectivity index (χ4n) is 4.65. The molecule has 1 aliphatic heterocycles. The minimum Gasteiger partial charge on any atom is -0.503 e.